The lowest BCUT2D eigenvalue weighted by Crippen LogP contribution is -2.38. The molecule has 17 heavy (non-hydrogen) atoms. The quantitative estimate of drug-likeness (QED) is 0.746. The van der Waals surface area contributed by atoms with Crippen LogP contribution in [0.4, 0.5) is 0 Å². The van der Waals surface area contributed by atoms with Crippen molar-refractivity contribution in [3.05, 3.63) is 34.9 Å². The predicted molar refractivity (Wildman–Crippen MR) is 68.5 cm³/mol. The number of hydrogen-bond donors (Lipinski definition) is 0. The number of rotatable bonds is 3. The molecule has 0 aromatic heterocycles. The number of Topliss-reactive ketones (excluding diaryl/α,β-unsaturated/α-hetero) is 1. The number of ether oxygens (including phenoxy) is 1. The third kappa shape index (κ3) is 2.14. The lowest BCUT2D eigenvalue weighted by atomic mass is 9.88. The summed E-state index contributed by atoms with van der Waals surface area (Å²) in [5, 5.41) is 0. The molecule has 2 heteroatoms. The molecule has 2 nitrogen and oxygen atoms in total. The first-order valence-corrected chi connectivity index (χ1v) is 6.26. The van der Waals surface area contributed by atoms with E-state index in [0.717, 1.165) is 36.8 Å². The van der Waals surface area contributed by atoms with Crippen LogP contribution in [0, 0.1) is 13.8 Å². The van der Waals surface area contributed by atoms with Gasteiger partial charge in [0.05, 0.1) is 0 Å². The van der Waals surface area contributed by atoms with Gasteiger partial charge in [-0.15, -0.1) is 0 Å². The van der Waals surface area contributed by atoms with Crippen molar-refractivity contribution >= 4 is 5.78 Å². The molecule has 0 aliphatic heterocycles. The monoisotopic (exact) mass is 232 g/mol. The maximum absolute atomic E-state index is 12.6. The van der Waals surface area contributed by atoms with Gasteiger partial charge in [-0.25, -0.2) is 0 Å². The Balaban J connectivity index is 2.36. The van der Waals surface area contributed by atoms with Crippen LogP contribution < -0.4 is 0 Å². The number of carbonyl (C=O) groups is 1. The zero-order chi connectivity index (χ0) is 12.5. The summed E-state index contributed by atoms with van der Waals surface area (Å²) < 4.78 is 5.55. The van der Waals surface area contributed by atoms with Gasteiger partial charge in [0.15, 0.2) is 5.78 Å². The maximum Gasteiger partial charge on any atom is 0.194 e. The van der Waals surface area contributed by atoms with Crippen molar-refractivity contribution in [2.24, 2.45) is 0 Å². The number of benzene rings is 1. The van der Waals surface area contributed by atoms with E-state index in [1.54, 1.807) is 7.11 Å². The molecule has 0 spiro atoms. The molecular weight excluding hydrogens is 212 g/mol. The van der Waals surface area contributed by atoms with E-state index in [2.05, 4.69) is 6.07 Å². The Hall–Kier alpha value is -1.15. The van der Waals surface area contributed by atoms with Crippen molar-refractivity contribution in [3.63, 3.8) is 0 Å². The van der Waals surface area contributed by atoms with Gasteiger partial charge in [0.25, 0.3) is 0 Å². The average molecular weight is 232 g/mol. The summed E-state index contributed by atoms with van der Waals surface area (Å²) in [7, 11) is 1.66. The molecule has 1 aliphatic carbocycles. The molecular formula is C15H20O2. The zero-order valence-corrected chi connectivity index (χ0v) is 10.9. The van der Waals surface area contributed by atoms with Crippen LogP contribution in [-0.4, -0.2) is 18.5 Å². The van der Waals surface area contributed by atoms with Crippen LogP contribution in [0.3, 0.4) is 0 Å². The van der Waals surface area contributed by atoms with E-state index in [1.165, 1.54) is 5.56 Å². The highest BCUT2D eigenvalue weighted by Gasteiger charge is 2.41. The SMILES string of the molecule is COC1(C(=O)c2ccc(C)cc2C)CCCC1. The first-order chi connectivity index (χ1) is 8.09. The van der Waals surface area contributed by atoms with Gasteiger partial charge in [0.2, 0.25) is 0 Å². The van der Waals surface area contributed by atoms with E-state index in [1.807, 2.05) is 26.0 Å². The Morgan fingerprint density at radius 3 is 2.41 bits per heavy atom. The molecule has 0 atom stereocenters. The summed E-state index contributed by atoms with van der Waals surface area (Å²) >= 11 is 0. The summed E-state index contributed by atoms with van der Waals surface area (Å²) in [4.78, 5) is 12.6. The maximum atomic E-state index is 12.6. The molecule has 0 saturated heterocycles. The number of hydrogen-bond acceptors (Lipinski definition) is 2. The van der Waals surface area contributed by atoms with E-state index in [9.17, 15) is 4.79 Å². The highest BCUT2D eigenvalue weighted by molar-refractivity contribution is 6.03. The topological polar surface area (TPSA) is 26.3 Å². The van der Waals surface area contributed by atoms with Crippen LogP contribution in [0.1, 0.15) is 47.2 Å². The summed E-state index contributed by atoms with van der Waals surface area (Å²) in [6.45, 7) is 4.04. The van der Waals surface area contributed by atoms with Gasteiger partial charge in [-0.05, 0) is 45.1 Å². The Morgan fingerprint density at radius 1 is 1.24 bits per heavy atom. The molecule has 1 aromatic carbocycles. The standard InChI is InChI=1S/C15H20O2/c1-11-6-7-13(12(2)10-11)14(16)15(17-3)8-4-5-9-15/h6-7,10H,4-5,8-9H2,1-3H3. The van der Waals surface area contributed by atoms with Crippen molar-refractivity contribution in [1.82, 2.24) is 0 Å². The molecule has 0 N–H and O–H groups in total. The summed E-state index contributed by atoms with van der Waals surface area (Å²) in [6, 6.07) is 6.00. The van der Waals surface area contributed by atoms with Gasteiger partial charge in [-0.3, -0.25) is 4.79 Å². The van der Waals surface area contributed by atoms with Crippen molar-refractivity contribution in [1.29, 1.82) is 0 Å². The molecule has 1 fully saturated rings. The van der Waals surface area contributed by atoms with E-state index >= 15 is 0 Å². The smallest absolute Gasteiger partial charge is 0.194 e. The minimum atomic E-state index is -0.556. The minimum absolute atomic E-state index is 0.162. The van der Waals surface area contributed by atoms with Gasteiger partial charge < -0.3 is 4.74 Å². The Morgan fingerprint density at radius 2 is 1.88 bits per heavy atom. The Bertz CT molecular complexity index is 429. The lowest BCUT2D eigenvalue weighted by Gasteiger charge is -2.26. The molecule has 1 aliphatic rings. The van der Waals surface area contributed by atoms with Gasteiger partial charge >= 0.3 is 0 Å². The first-order valence-electron chi connectivity index (χ1n) is 6.26. The van der Waals surface area contributed by atoms with Crippen LogP contribution in [-0.2, 0) is 4.74 Å². The van der Waals surface area contributed by atoms with E-state index in [-0.39, 0.29) is 5.78 Å². The van der Waals surface area contributed by atoms with Crippen LogP contribution in [0.2, 0.25) is 0 Å². The van der Waals surface area contributed by atoms with Crippen molar-refractivity contribution in [2.75, 3.05) is 7.11 Å². The van der Waals surface area contributed by atoms with Gasteiger partial charge in [-0.1, -0.05) is 23.8 Å². The molecule has 0 bridgehead atoms. The third-order valence-electron chi connectivity index (χ3n) is 3.84. The van der Waals surface area contributed by atoms with Crippen LogP contribution in [0.15, 0.2) is 18.2 Å². The average Bonchev–Trinajstić information content (AvgIpc) is 2.78. The molecule has 1 saturated carbocycles. The number of ketones is 1. The number of methoxy groups -OCH3 is 1. The number of carbonyl (C=O) groups excluding carboxylic acids is 1. The normalized spacial score (nSPS) is 18.3. The number of aryl methyl sites for hydroxylation is 2. The lowest BCUT2D eigenvalue weighted by molar-refractivity contribution is 0.00596. The van der Waals surface area contributed by atoms with Gasteiger partial charge in [-0.2, -0.15) is 0 Å². The van der Waals surface area contributed by atoms with Crippen LogP contribution in [0.25, 0.3) is 0 Å². The van der Waals surface area contributed by atoms with Crippen molar-refractivity contribution in [2.45, 2.75) is 45.1 Å². The highest BCUT2D eigenvalue weighted by Crippen LogP contribution is 2.36. The molecule has 92 valence electrons. The molecule has 0 heterocycles. The van der Waals surface area contributed by atoms with E-state index < -0.39 is 5.60 Å². The summed E-state index contributed by atoms with van der Waals surface area (Å²) in [6.07, 6.45) is 3.89. The fourth-order valence-electron chi connectivity index (χ4n) is 2.78. The van der Waals surface area contributed by atoms with E-state index in [0.29, 0.717) is 0 Å². The summed E-state index contributed by atoms with van der Waals surface area (Å²) in [5.41, 5.74) is 2.51. The predicted octanol–water partition coefficient (Wildman–Crippen LogP) is 3.45. The van der Waals surface area contributed by atoms with Gasteiger partial charge in [0.1, 0.15) is 5.60 Å². The second-order valence-electron chi connectivity index (χ2n) is 5.05. The fraction of sp³-hybridized carbons (Fsp3) is 0.533. The Kier molecular flexibility index (Phi) is 3.34. The largest absolute Gasteiger partial charge is 0.370 e. The minimum Gasteiger partial charge on any atom is -0.370 e. The highest BCUT2D eigenvalue weighted by atomic mass is 16.5. The zero-order valence-electron chi connectivity index (χ0n) is 10.9. The fourth-order valence-corrected chi connectivity index (χ4v) is 2.78. The molecule has 2 rings (SSSR count). The third-order valence-corrected chi connectivity index (χ3v) is 3.84. The first kappa shape index (κ1) is 12.3. The van der Waals surface area contributed by atoms with Crippen molar-refractivity contribution in [3.8, 4) is 0 Å². The van der Waals surface area contributed by atoms with Crippen LogP contribution in [0.5, 0.6) is 0 Å². The second-order valence-corrected chi connectivity index (χ2v) is 5.05. The second kappa shape index (κ2) is 4.61. The summed E-state index contributed by atoms with van der Waals surface area (Å²) in [5.74, 6) is 0.162. The molecule has 0 radical (unpaired) electrons. The molecule has 0 unspecified atom stereocenters. The van der Waals surface area contributed by atoms with Crippen LogP contribution >= 0.6 is 0 Å². The van der Waals surface area contributed by atoms with Gasteiger partial charge in [0, 0.05) is 12.7 Å². The molecule has 1 aromatic rings. The molecule has 0 amide bonds. The Labute approximate surface area is 103 Å². The van der Waals surface area contributed by atoms with Crippen molar-refractivity contribution < 1.29 is 9.53 Å². The van der Waals surface area contributed by atoms with E-state index in [4.69, 9.17) is 4.74 Å².